The van der Waals surface area contributed by atoms with Crippen molar-refractivity contribution in [3.8, 4) is 23.0 Å². The molecule has 3 aromatic carbocycles. The van der Waals surface area contributed by atoms with E-state index in [-0.39, 0.29) is 28.3 Å². The van der Waals surface area contributed by atoms with Crippen molar-refractivity contribution in [1.29, 1.82) is 0 Å². The topological polar surface area (TPSA) is 83.6 Å². The van der Waals surface area contributed by atoms with Crippen LogP contribution in [-0.2, 0) is 16.8 Å². The fraction of sp³-hybridized carbons (Fsp3) is 0.0909. The van der Waals surface area contributed by atoms with E-state index >= 15 is 0 Å². The van der Waals surface area contributed by atoms with Crippen molar-refractivity contribution >= 4 is 23.8 Å². The molecular weight excluding hydrogens is 415 g/mol. The minimum Gasteiger partial charge on any atom is -0.507 e. The largest absolute Gasteiger partial charge is 0.507 e. The second-order valence-corrected chi connectivity index (χ2v) is 5.85. The number of hydrogen-bond donors (Lipinski definition) is 2. The molecule has 6 nitrogen and oxygen atoms in total. The van der Waals surface area contributed by atoms with E-state index in [2.05, 4.69) is 9.98 Å². The molecule has 3 rings (SSSR count). The number of para-hydroxylation sites is 2. The van der Waals surface area contributed by atoms with Gasteiger partial charge in [-0.2, -0.15) is 0 Å². The van der Waals surface area contributed by atoms with Gasteiger partial charge in [-0.15, -0.1) is 0 Å². The molecule has 2 N–H and O–H groups in total. The van der Waals surface area contributed by atoms with E-state index < -0.39 is 0 Å². The third-order valence-electron chi connectivity index (χ3n) is 4.04. The molecule has 0 aliphatic heterocycles. The van der Waals surface area contributed by atoms with Crippen LogP contribution in [0.4, 0.5) is 11.4 Å². The van der Waals surface area contributed by atoms with Gasteiger partial charge in [-0.1, -0.05) is 12.1 Å². The van der Waals surface area contributed by atoms with Crippen LogP contribution in [0.1, 0.15) is 11.1 Å². The van der Waals surface area contributed by atoms with Crippen LogP contribution in [0.25, 0.3) is 0 Å². The predicted octanol–water partition coefficient (Wildman–Crippen LogP) is 4.61. The van der Waals surface area contributed by atoms with Gasteiger partial charge in [-0.05, 0) is 36.4 Å². The number of methoxy groups -OCH3 is 2. The fourth-order valence-electron chi connectivity index (χ4n) is 2.48. The molecule has 0 atom stereocenters. The summed E-state index contributed by atoms with van der Waals surface area (Å²) in [5, 5.41) is 20.1. The Kier molecular flexibility index (Phi) is 7.82. The van der Waals surface area contributed by atoms with Gasteiger partial charge in [0.25, 0.3) is 0 Å². The standard InChI is InChI=1S/C22H20N2O4.Co/c1-27-17-9-7-15(21(25)11-17)13-23-19-5-3-4-6-20(19)24-14-16-8-10-18(28-2)12-22(16)26;/h3-14,25-26H,1-2H3;. The molecule has 0 amide bonds. The van der Waals surface area contributed by atoms with Gasteiger partial charge in [-0.25, -0.2) is 0 Å². The Balaban J connectivity index is 0.00000300. The monoisotopic (exact) mass is 435 g/mol. The molecule has 0 fully saturated rings. The number of phenols is 2. The molecule has 0 aliphatic rings. The quantitative estimate of drug-likeness (QED) is 0.554. The zero-order chi connectivity index (χ0) is 19.9. The SMILES string of the molecule is COc1ccc(C=Nc2ccccc2N=Cc2ccc(OC)cc2O)c(O)c1.[Co]. The average molecular weight is 435 g/mol. The van der Waals surface area contributed by atoms with Crippen molar-refractivity contribution in [2.75, 3.05) is 14.2 Å². The summed E-state index contributed by atoms with van der Waals surface area (Å²) in [6.07, 6.45) is 3.13. The van der Waals surface area contributed by atoms with E-state index in [1.165, 1.54) is 26.4 Å². The van der Waals surface area contributed by atoms with E-state index in [0.29, 0.717) is 34.0 Å². The Bertz CT molecular complexity index is 953. The molecule has 7 heteroatoms. The summed E-state index contributed by atoms with van der Waals surface area (Å²) >= 11 is 0. The number of rotatable bonds is 6. The minimum atomic E-state index is 0. The maximum absolute atomic E-state index is 10.1. The second-order valence-electron chi connectivity index (χ2n) is 5.85. The zero-order valence-electron chi connectivity index (χ0n) is 15.9. The van der Waals surface area contributed by atoms with Crippen LogP contribution in [-0.4, -0.2) is 36.9 Å². The molecule has 0 saturated heterocycles. The normalized spacial score (nSPS) is 10.8. The van der Waals surface area contributed by atoms with Crippen molar-refractivity contribution in [3.05, 3.63) is 71.8 Å². The third kappa shape index (κ3) is 5.60. The molecule has 1 radical (unpaired) electrons. The number of nitrogens with zero attached hydrogens (tertiary/aromatic N) is 2. The molecule has 3 aromatic rings. The number of ether oxygens (including phenoxy) is 2. The molecule has 29 heavy (non-hydrogen) atoms. The molecule has 0 bridgehead atoms. The van der Waals surface area contributed by atoms with Crippen LogP contribution in [0.5, 0.6) is 23.0 Å². The van der Waals surface area contributed by atoms with Crippen LogP contribution in [0, 0.1) is 0 Å². The molecule has 0 aliphatic carbocycles. The van der Waals surface area contributed by atoms with E-state index in [4.69, 9.17) is 9.47 Å². The molecule has 0 saturated carbocycles. The summed E-state index contributed by atoms with van der Waals surface area (Å²) in [5.41, 5.74) is 2.38. The minimum absolute atomic E-state index is 0. The molecule has 0 aromatic heterocycles. The third-order valence-corrected chi connectivity index (χ3v) is 4.04. The van der Waals surface area contributed by atoms with Gasteiger partial charge in [-0.3, -0.25) is 9.98 Å². The fourth-order valence-corrected chi connectivity index (χ4v) is 2.48. The number of phenolic OH excluding ortho intramolecular Hbond substituents is 2. The van der Waals surface area contributed by atoms with E-state index in [1.807, 2.05) is 24.3 Å². The summed E-state index contributed by atoms with van der Waals surface area (Å²) in [6.45, 7) is 0. The van der Waals surface area contributed by atoms with Crippen LogP contribution in [0.15, 0.2) is 70.6 Å². The van der Waals surface area contributed by atoms with Gasteiger partial charge < -0.3 is 19.7 Å². The van der Waals surface area contributed by atoms with E-state index in [1.54, 1.807) is 36.7 Å². The summed E-state index contributed by atoms with van der Waals surface area (Å²) < 4.78 is 10.2. The van der Waals surface area contributed by atoms with Gasteiger partial charge in [0.2, 0.25) is 0 Å². The Morgan fingerprint density at radius 3 is 1.45 bits per heavy atom. The van der Waals surface area contributed by atoms with Gasteiger partial charge in [0.15, 0.2) is 0 Å². The van der Waals surface area contributed by atoms with Crippen molar-refractivity contribution in [2.24, 2.45) is 9.98 Å². The number of hydrogen-bond acceptors (Lipinski definition) is 6. The van der Waals surface area contributed by atoms with Crippen LogP contribution >= 0.6 is 0 Å². The Morgan fingerprint density at radius 2 is 1.10 bits per heavy atom. The Hall–Kier alpha value is -3.29. The van der Waals surface area contributed by atoms with Gasteiger partial charge >= 0.3 is 0 Å². The number of benzene rings is 3. The first-order valence-electron chi connectivity index (χ1n) is 8.52. The molecule has 151 valence electrons. The first kappa shape index (κ1) is 22.0. The van der Waals surface area contributed by atoms with Crippen molar-refractivity contribution in [1.82, 2.24) is 0 Å². The predicted molar refractivity (Wildman–Crippen MR) is 110 cm³/mol. The van der Waals surface area contributed by atoms with Gasteiger partial charge in [0, 0.05) is 52.5 Å². The van der Waals surface area contributed by atoms with Crippen molar-refractivity contribution in [2.45, 2.75) is 0 Å². The maximum Gasteiger partial charge on any atom is 0.128 e. The Labute approximate surface area is 179 Å². The van der Waals surface area contributed by atoms with Crippen molar-refractivity contribution < 1.29 is 36.5 Å². The summed E-state index contributed by atoms with van der Waals surface area (Å²) in [7, 11) is 3.08. The first-order valence-corrected chi connectivity index (χ1v) is 8.52. The summed E-state index contributed by atoms with van der Waals surface area (Å²) in [4.78, 5) is 8.87. The van der Waals surface area contributed by atoms with Crippen LogP contribution in [0.3, 0.4) is 0 Å². The summed E-state index contributed by atoms with van der Waals surface area (Å²) in [6, 6.07) is 17.3. The zero-order valence-corrected chi connectivity index (χ0v) is 16.9. The first-order chi connectivity index (χ1) is 13.6. The van der Waals surface area contributed by atoms with Crippen LogP contribution < -0.4 is 9.47 Å². The van der Waals surface area contributed by atoms with Gasteiger partial charge in [0.05, 0.1) is 25.6 Å². The van der Waals surface area contributed by atoms with E-state index in [9.17, 15) is 10.2 Å². The Morgan fingerprint density at radius 1 is 0.690 bits per heavy atom. The van der Waals surface area contributed by atoms with Crippen molar-refractivity contribution in [3.63, 3.8) is 0 Å². The molecular formula is C22H20CoN2O4. The molecule has 0 unspecified atom stereocenters. The number of aromatic hydroxyl groups is 2. The van der Waals surface area contributed by atoms with Gasteiger partial charge in [0.1, 0.15) is 23.0 Å². The molecule has 0 spiro atoms. The summed E-state index contributed by atoms with van der Waals surface area (Å²) in [5.74, 6) is 1.29. The second kappa shape index (κ2) is 10.3. The van der Waals surface area contributed by atoms with Crippen LogP contribution in [0.2, 0.25) is 0 Å². The van der Waals surface area contributed by atoms with E-state index in [0.717, 1.165) is 0 Å². The maximum atomic E-state index is 10.1. The number of aliphatic imine (C=N–C) groups is 2. The smallest absolute Gasteiger partial charge is 0.128 e. The molecule has 0 heterocycles. The average Bonchev–Trinajstić information content (AvgIpc) is 2.72.